The maximum absolute atomic E-state index is 12.4. The van der Waals surface area contributed by atoms with Gasteiger partial charge in [-0.2, -0.15) is 0 Å². The molecule has 0 radical (unpaired) electrons. The second-order valence-corrected chi connectivity index (χ2v) is 6.02. The van der Waals surface area contributed by atoms with Gasteiger partial charge in [0.15, 0.2) is 0 Å². The molecule has 0 saturated carbocycles. The van der Waals surface area contributed by atoms with E-state index in [-0.39, 0.29) is 11.9 Å². The van der Waals surface area contributed by atoms with Crippen molar-refractivity contribution in [3.05, 3.63) is 47.4 Å². The van der Waals surface area contributed by atoms with Crippen LogP contribution in [0.2, 0.25) is 0 Å². The normalized spacial score (nSPS) is 11.9. The summed E-state index contributed by atoms with van der Waals surface area (Å²) in [5, 5.41) is 2.96. The molecule has 0 fully saturated rings. The minimum Gasteiger partial charge on any atom is -0.348 e. The lowest BCUT2D eigenvalue weighted by Crippen LogP contribution is -2.33. The van der Waals surface area contributed by atoms with E-state index in [9.17, 15) is 4.79 Å². The highest BCUT2D eigenvalue weighted by molar-refractivity contribution is 5.93. The summed E-state index contributed by atoms with van der Waals surface area (Å²) >= 11 is 0. The van der Waals surface area contributed by atoms with Crippen molar-refractivity contribution in [2.24, 2.45) is 0 Å². The van der Waals surface area contributed by atoms with E-state index in [4.69, 9.17) is 0 Å². The molecular formula is C19H26N4O. The summed E-state index contributed by atoms with van der Waals surface area (Å²) in [5.41, 5.74) is 2.65. The van der Waals surface area contributed by atoms with Gasteiger partial charge in [0.2, 0.25) is 0 Å². The molecule has 0 aliphatic rings. The van der Waals surface area contributed by atoms with Crippen molar-refractivity contribution in [1.29, 1.82) is 0 Å². The second kappa shape index (κ2) is 7.90. The fourth-order valence-electron chi connectivity index (χ4n) is 2.48. The SMILES string of the molecule is CCC(C)NC(=O)c1cc(N(CC)c2cccc(C)c2)nc(C)n1. The molecule has 5 nitrogen and oxygen atoms in total. The molecule has 1 aromatic carbocycles. The summed E-state index contributed by atoms with van der Waals surface area (Å²) in [5.74, 6) is 1.18. The zero-order chi connectivity index (χ0) is 17.7. The third-order valence-electron chi connectivity index (χ3n) is 3.95. The average Bonchev–Trinajstić information content (AvgIpc) is 2.55. The molecule has 128 valence electrons. The lowest BCUT2D eigenvalue weighted by atomic mass is 10.2. The number of benzene rings is 1. The van der Waals surface area contributed by atoms with Gasteiger partial charge in [0.1, 0.15) is 17.3 Å². The molecule has 1 aromatic heterocycles. The number of nitrogens with one attached hydrogen (secondary N) is 1. The van der Waals surface area contributed by atoms with Crippen LogP contribution in [-0.4, -0.2) is 28.5 Å². The standard InChI is InChI=1S/C19H26N4O/c1-6-14(4)20-19(24)17-12-18(22-15(5)21-17)23(7-2)16-10-8-9-13(3)11-16/h8-12,14H,6-7H2,1-5H3,(H,20,24). The molecule has 0 aliphatic heterocycles. The number of carbonyl (C=O) groups excluding carboxylic acids is 1. The molecule has 1 amide bonds. The molecule has 1 heterocycles. The molecule has 5 heteroatoms. The Bertz CT molecular complexity index is 714. The van der Waals surface area contributed by atoms with Crippen LogP contribution in [0.25, 0.3) is 0 Å². The van der Waals surface area contributed by atoms with Gasteiger partial charge < -0.3 is 10.2 Å². The predicted octanol–water partition coefficient (Wildman–Crippen LogP) is 3.78. The third-order valence-corrected chi connectivity index (χ3v) is 3.95. The van der Waals surface area contributed by atoms with Crippen LogP contribution in [0.15, 0.2) is 30.3 Å². The summed E-state index contributed by atoms with van der Waals surface area (Å²) in [4.78, 5) is 23.3. The van der Waals surface area contributed by atoms with Gasteiger partial charge in [-0.1, -0.05) is 19.1 Å². The largest absolute Gasteiger partial charge is 0.348 e. The first-order valence-corrected chi connectivity index (χ1v) is 8.45. The van der Waals surface area contributed by atoms with E-state index in [0.717, 1.165) is 24.5 Å². The summed E-state index contributed by atoms with van der Waals surface area (Å²) in [6, 6.07) is 10.1. The van der Waals surface area contributed by atoms with Crippen molar-refractivity contribution in [2.45, 2.75) is 47.1 Å². The van der Waals surface area contributed by atoms with Crippen LogP contribution in [0.1, 0.15) is 49.1 Å². The molecule has 1 N–H and O–H groups in total. The minimum atomic E-state index is -0.156. The van der Waals surface area contributed by atoms with Crippen LogP contribution in [0.4, 0.5) is 11.5 Å². The number of rotatable bonds is 6. The van der Waals surface area contributed by atoms with Crippen LogP contribution in [0.5, 0.6) is 0 Å². The first-order chi connectivity index (χ1) is 11.4. The van der Waals surface area contributed by atoms with Crippen LogP contribution >= 0.6 is 0 Å². The molecule has 1 unspecified atom stereocenters. The van der Waals surface area contributed by atoms with E-state index in [1.54, 1.807) is 6.07 Å². The Hall–Kier alpha value is -2.43. The number of hydrogen-bond acceptors (Lipinski definition) is 4. The Balaban J connectivity index is 2.37. The maximum atomic E-state index is 12.4. The predicted molar refractivity (Wildman–Crippen MR) is 97.8 cm³/mol. The highest BCUT2D eigenvalue weighted by atomic mass is 16.1. The Kier molecular flexibility index (Phi) is 5.90. The quantitative estimate of drug-likeness (QED) is 0.877. The second-order valence-electron chi connectivity index (χ2n) is 6.02. The fourth-order valence-corrected chi connectivity index (χ4v) is 2.48. The van der Waals surface area contributed by atoms with Gasteiger partial charge in [-0.15, -0.1) is 0 Å². The van der Waals surface area contributed by atoms with E-state index in [2.05, 4.69) is 46.2 Å². The van der Waals surface area contributed by atoms with Crippen LogP contribution in [0, 0.1) is 13.8 Å². The Morgan fingerprint density at radius 3 is 2.58 bits per heavy atom. The zero-order valence-electron chi connectivity index (χ0n) is 15.1. The molecule has 0 spiro atoms. The number of hydrogen-bond donors (Lipinski definition) is 1. The van der Waals surface area contributed by atoms with Crippen molar-refractivity contribution in [1.82, 2.24) is 15.3 Å². The van der Waals surface area contributed by atoms with Crippen molar-refractivity contribution in [3.8, 4) is 0 Å². The van der Waals surface area contributed by atoms with Gasteiger partial charge in [-0.25, -0.2) is 9.97 Å². The molecule has 0 aliphatic carbocycles. The van der Waals surface area contributed by atoms with Gasteiger partial charge in [0.25, 0.3) is 5.91 Å². The van der Waals surface area contributed by atoms with Crippen molar-refractivity contribution in [2.75, 3.05) is 11.4 Å². The smallest absolute Gasteiger partial charge is 0.270 e. The van der Waals surface area contributed by atoms with Crippen LogP contribution in [0.3, 0.4) is 0 Å². The maximum Gasteiger partial charge on any atom is 0.270 e. The highest BCUT2D eigenvalue weighted by Crippen LogP contribution is 2.24. The minimum absolute atomic E-state index is 0.121. The topological polar surface area (TPSA) is 58.1 Å². The van der Waals surface area contributed by atoms with E-state index in [1.807, 2.05) is 32.9 Å². The Morgan fingerprint density at radius 1 is 1.21 bits per heavy atom. The fraction of sp³-hybridized carbons (Fsp3) is 0.421. The molecule has 2 aromatic rings. The Labute approximate surface area is 144 Å². The molecular weight excluding hydrogens is 300 g/mol. The third kappa shape index (κ3) is 4.31. The van der Waals surface area contributed by atoms with Gasteiger partial charge in [0.05, 0.1) is 0 Å². The van der Waals surface area contributed by atoms with Crippen molar-refractivity contribution < 1.29 is 4.79 Å². The highest BCUT2D eigenvalue weighted by Gasteiger charge is 2.16. The van der Waals surface area contributed by atoms with Gasteiger partial charge in [0, 0.05) is 24.3 Å². The van der Waals surface area contributed by atoms with E-state index >= 15 is 0 Å². The monoisotopic (exact) mass is 326 g/mol. The van der Waals surface area contributed by atoms with E-state index in [1.165, 1.54) is 5.56 Å². The number of aryl methyl sites for hydroxylation is 2. The average molecular weight is 326 g/mol. The summed E-state index contributed by atoms with van der Waals surface area (Å²) in [6.45, 7) is 10.7. The van der Waals surface area contributed by atoms with Crippen LogP contribution in [-0.2, 0) is 0 Å². The van der Waals surface area contributed by atoms with Gasteiger partial charge >= 0.3 is 0 Å². The zero-order valence-corrected chi connectivity index (χ0v) is 15.1. The summed E-state index contributed by atoms with van der Waals surface area (Å²) in [7, 11) is 0. The lowest BCUT2D eigenvalue weighted by Gasteiger charge is -2.23. The lowest BCUT2D eigenvalue weighted by molar-refractivity contribution is 0.0934. The van der Waals surface area contributed by atoms with Crippen molar-refractivity contribution >= 4 is 17.4 Å². The summed E-state index contributed by atoms with van der Waals surface area (Å²) in [6.07, 6.45) is 0.882. The summed E-state index contributed by atoms with van der Waals surface area (Å²) < 4.78 is 0. The molecule has 1 atom stereocenters. The van der Waals surface area contributed by atoms with E-state index < -0.39 is 0 Å². The number of amides is 1. The number of carbonyl (C=O) groups is 1. The first kappa shape index (κ1) is 17.9. The molecule has 0 saturated heterocycles. The van der Waals surface area contributed by atoms with Gasteiger partial charge in [-0.3, -0.25) is 4.79 Å². The molecule has 24 heavy (non-hydrogen) atoms. The van der Waals surface area contributed by atoms with Gasteiger partial charge in [-0.05, 0) is 51.8 Å². The van der Waals surface area contributed by atoms with Crippen LogP contribution < -0.4 is 10.2 Å². The number of anilines is 2. The molecule has 0 bridgehead atoms. The van der Waals surface area contributed by atoms with Crippen molar-refractivity contribution in [3.63, 3.8) is 0 Å². The van der Waals surface area contributed by atoms with E-state index in [0.29, 0.717) is 11.5 Å². The Morgan fingerprint density at radius 2 is 1.96 bits per heavy atom. The number of aromatic nitrogens is 2. The first-order valence-electron chi connectivity index (χ1n) is 8.45. The molecule has 2 rings (SSSR count). The number of nitrogens with zero attached hydrogens (tertiary/aromatic N) is 3.